The van der Waals surface area contributed by atoms with E-state index in [4.69, 9.17) is 4.42 Å². The maximum Gasteiger partial charge on any atom is 0.253 e. The fraction of sp³-hybridized carbons (Fsp3) is 0.478. The molecule has 11 nitrogen and oxygen atoms in total. The Bertz CT molecular complexity index is 1070. The smallest absolute Gasteiger partial charge is 0.253 e. The van der Waals surface area contributed by atoms with Crippen molar-refractivity contribution in [3.63, 3.8) is 0 Å². The molecule has 3 aromatic rings. The summed E-state index contributed by atoms with van der Waals surface area (Å²) >= 11 is 0. The monoisotopic (exact) mass is 465 g/mol. The Morgan fingerprint density at radius 1 is 1.09 bits per heavy atom. The third-order valence-electron chi connectivity index (χ3n) is 5.65. The van der Waals surface area contributed by atoms with Gasteiger partial charge >= 0.3 is 0 Å². The molecule has 0 saturated carbocycles. The molecule has 0 bridgehead atoms. The topological polar surface area (TPSA) is 125 Å². The van der Waals surface area contributed by atoms with Crippen molar-refractivity contribution in [1.29, 1.82) is 0 Å². The van der Waals surface area contributed by atoms with Crippen LogP contribution >= 0.6 is 0 Å². The number of carbonyl (C=O) groups excluding carboxylic acids is 1. The van der Waals surface area contributed by atoms with E-state index in [1.807, 2.05) is 17.0 Å². The van der Waals surface area contributed by atoms with Crippen LogP contribution in [0.15, 0.2) is 35.1 Å². The summed E-state index contributed by atoms with van der Waals surface area (Å²) in [4.78, 5) is 28.7. The van der Waals surface area contributed by atoms with E-state index in [9.17, 15) is 4.79 Å². The largest absolute Gasteiger partial charge is 0.419 e. The van der Waals surface area contributed by atoms with Crippen molar-refractivity contribution >= 4 is 17.7 Å². The molecule has 1 fully saturated rings. The molecular formula is C23H31N9O2. The molecule has 0 radical (unpaired) electrons. The highest BCUT2D eigenvalue weighted by Crippen LogP contribution is 2.26. The number of rotatable bonds is 10. The van der Waals surface area contributed by atoms with Gasteiger partial charge in [-0.15, -0.1) is 10.2 Å². The lowest BCUT2D eigenvalue weighted by Crippen LogP contribution is -2.47. The molecule has 0 aliphatic carbocycles. The van der Waals surface area contributed by atoms with Crippen LogP contribution in [0.2, 0.25) is 0 Å². The molecule has 0 spiro atoms. The van der Waals surface area contributed by atoms with Crippen LogP contribution in [0.1, 0.15) is 31.7 Å². The molecule has 1 saturated heterocycles. The van der Waals surface area contributed by atoms with E-state index in [0.29, 0.717) is 55.3 Å². The van der Waals surface area contributed by atoms with Gasteiger partial charge in [-0.2, -0.15) is 4.98 Å². The van der Waals surface area contributed by atoms with Crippen LogP contribution in [-0.2, 0) is 17.8 Å². The average molecular weight is 466 g/mol. The fourth-order valence-electron chi connectivity index (χ4n) is 3.71. The van der Waals surface area contributed by atoms with Gasteiger partial charge in [0.2, 0.25) is 17.7 Å². The van der Waals surface area contributed by atoms with Crippen molar-refractivity contribution in [2.24, 2.45) is 0 Å². The Labute approximate surface area is 199 Å². The summed E-state index contributed by atoms with van der Waals surface area (Å²) in [7, 11) is 0. The molecule has 0 aromatic carbocycles. The minimum atomic E-state index is 0.113. The van der Waals surface area contributed by atoms with Crippen LogP contribution < -0.4 is 10.6 Å². The zero-order valence-corrected chi connectivity index (χ0v) is 19.7. The molecule has 4 heterocycles. The lowest BCUT2D eigenvalue weighted by atomic mass is 10.2. The molecule has 2 N–H and O–H groups in total. The van der Waals surface area contributed by atoms with Gasteiger partial charge in [0, 0.05) is 64.8 Å². The average Bonchev–Trinajstić information content (AvgIpc) is 3.32. The van der Waals surface area contributed by atoms with Crippen LogP contribution in [0.5, 0.6) is 0 Å². The molecule has 34 heavy (non-hydrogen) atoms. The Morgan fingerprint density at radius 3 is 2.62 bits per heavy atom. The molecule has 1 aliphatic rings. The van der Waals surface area contributed by atoms with Gasteiger partial charge in [-0.3, -0.25) is 14.7 Å². The lowest BCUT2D eigenvalue weighted by Gasteiger charge is -2.33. The highest BCUT2D eigenvalue weighted by atomic mass is 16.4. The number of hydrogen-bond acceptors (Lipinski definition) is 10. The second kappa shape index (κ2) is 11.5. The van der Waals surface area contributed by atoms with Gasteiger partial charge in [-0.1, -0.05) is 6.92 Å². The van der Waals surface area contributed by atoms with Gasteiger partial charge in [0.1, 0.15) is 5.82 Å². The van der Waals surface area contributed by atoms with E-state index >= 15 is 0 Å². The second-order valence-electron chi connectivity index (χ2n) is 8.20. The van der Waals surface area contributed by atoms with Gasteiger partial charge in [-0.25, -0.2) is 4.98 Å². The number of pyridine rings is 1. The first-order valence-electron chi connectivity index (χ1n) is 11.7. The molecule has 0 atom stereocenters. The van der Waals surface area contributed by atoms with Crippen LogP contribution in [0.25, 0.3) is 11.5 Å². The summed E-state index contributed by atoms with van der Waals surface area (Å²) in [6, 6.07) is 3.99. The minimum absolute atomic E-state index is 0.113. The third kappa shape index (κ3) is 6.25. The number of nitrogens with zero attached hydrogens (tertiary/aromatic N) is 7. The van der Waals surface area contributed by atoms with Crippen molar-refractivity contribution in [3.8, 4) is 11.5 Å². The Hall–Kier alpha value is -3.60. The first kappa shape index (κ1) is 23.6. The van der Waals surface area contributed by atoms with Crippen LogP contribution in [0.3, 0.4) is 0 Å². The Kier molecular flexibility index (Phi) is 7.97. The normalized spacial score (nSPS) is 14.2. The zero-order valence-electron chi connectivity index (χ0n) is 19.7. The minimum Gasteiger partial charge on any atom is -0.419 e. The second-order valence-corrected chi connectivity index (χ2v) is 8.20. The maximum atomic E-state index is 11.5. The number of carbonyl (C=O) groups is 1. The van der Waals surface area contributed by atoms with Crippen molar-refractivity contribution in [2.75, 3.05) is 49.9 Å². The van der Waals surface area contributed by atoms with E-state index in [2.05, 4.69) is 47.6 Å². The summed E-state index contributed by atoms with van der Waals surface area (Å²) in [6.45, 7) is 8.71. The molecule has 1 aliphatic heterocycles. The first-order chi connectivity index (χ1) is 16.6. The fourth-order valence-corrected chi connectivity index (χ4v) is 3.71. The van der Waals surface area contributed by atoms with Crippen LogP contribution in [0.4, 0.5) is 11.8 Å². The highest BCUT2D eigenvalue weighted by molar-refractivity contribution is 5.73. The van der Waals surface area contributed by atoms with Gasteiger partial charge < -0.3 is 20.0 Å². The van der Waals surface area contributed by atoms with Gasteiger partial charge in [-0.05, 0) is 30.5 Å². The van der Waals surface area contributed by atoms with Crippen molar-refractivity contribution in [2.45, 2.75) is 33.2 Å². The van der Waals surface area contributed by atoms with Crippen LogP contribution in [-0.4, -0.2) is 80.1 Å². The quantitative estimate of drug-likeness (QED) is 0.459. The predicted molar refractivity (Wildman–Crippen MR) is 128 cm³/mol. The number of aromatic nitrogens is 5. The van der Waals surface area contributed by atoms with Gasteiger partial charge in [0.05, 0.1) is 12.1 Å². The molecule has 1 amide bonds. The number of hydrogen-bond donors (Lipinski definition) is 2. The third-order valence-corrected chi connectivity index (χ3v) is 5.65. The maximum absolute atomic E-state index is 11.5. The Balaban J connectivity index is 1.40. The SMILES string of the molecule is CCCNc1nc(NCCc2ccncc2)ncc1-c1nnc(CN2CCN(C(C)=O)CC2)o1. The van der Waals surface area contributed by atoms with E-state index in [1.54, 1.807) is 25.5 Å². The van der Waals surface area contributed by atoms with E-state index in [1.165, 1.54) is 5.56 Å². The van der Waals surface area contributed by atoms with E-state index in [-0.39, 0.29) is 5.91 Å². The van der Waals surface area contributed by atoms with E-state index in [0.717, 1.165) is 32.5 Å². The summed E-state index contributed by atoms with van der Waals surface area (Å²) < 4.78 is 5.96. The molecule has 3 aromatic heterocycles. The number of nitrogens with one attached hydrogen (secondary N) is 2. The zero-order chi connectivity index (χ0) is 23.8. The van der Waals surface area contributed by atoms with E-state index < -0.39 is 0 Å². The summed E-state index contributed by atoms with van der Waals surface area (Å²) in [5.74, 6) is 2.24. The number of amides is 1. The standard InChI is InChI=1S/C23H31N9O2/c1-3-7-25-21-19(15-27-23(28-21)26-10-6-18-4-8-24-9-5-18)22-30-29-20(34-22)16-31-11-13-32(14-12-31)17(2)33/h4-5,8-9,15H,3,6-7,10-14,16H2,1-2H3,(H2,25,26,27,28). The number of anilines is 2. The number of piperazine rings is 1. The van der Waals surface area contributed by atoms with Crippen molar-refractivity contribution < 1.29 is 9.21 Å². The summed E-state index contributed by atoms with van der Waals surface area (Å²) in [5, 5.41) is 15.1. The van der Waals surface area contributed by atoms with Crippen molar-refractivity contribution in [1.82, 2.24) is 34.9 Å². The van der Waals surface area contributed by atoms with Gasteiger partial charge in [0.25, 0.3) is 5.89 Å². The summed E-state index contributed by atoms with van der Waals surface area (Å²) in [5.41, 5.74) is 1.87. The molecule has 4 rings (SSSR count). The Morgan fingerprint density at radius 2 is 1.88 bits per heavy atom. The van der Waals surface area contributed by atoms with Crippen LogP contribution in [0, 0.1) is 0 Å². The van der Waals surface area contributed by atoms with Gasteiger partial charge in [0.15, 0.2) is 0 Å². The molecule has 180 valence electrons. The molecule has 11 heteroatoms. The predicted octanol–water partition coefficient (Wildman–Crippen LogP) is 2.06. The summed E-state index contributed by atoms with van der Waals surface area (Å²) in [6.07, 6.45) is 7.09. The lowest BCUT2D eigenvalue weighted by molar-refractivity contribution is -0.130. The first-order valence-corrected chi connectivity index (χ1v) is 11.7. The highest BCUT2D eigenvalue weighted by Gasteiger charge is 2.21. The molecule has 0 unspecified atom stereocenters. The van der Waals surface area contributed by atoms with Crippen molar-refractivity contribution in [3.05, 3.63) is 42.2 Å². The molecular weight excluding hydrogens is 434 g/mol.